The number of para-hydroxylation sites is 1. The van der Waals surface area contributed by atoms with Gasteiger partial charge in [0.1, 0.15) is 0 Å². The van der Waals surface area contributed by atoms with Crippen molar-refractivity contribution in [3.8, 4) is 0 Å². The van der Waals surface area contributed by atoms with Gasteiger partial charge in [0.2, 0.25) is 5.91 Å². The Hall–Kier alpha value is -1.55. The Kier molecular flexibility index (Phi) is 4.15. The number of amides is 1. The van der Waals surface area contributed by atoms with E-state index in [1.165, 1.54) is 11.3 Å². The molecule has 4 nitrogen and oxygen atoms in total. The molecule has 2 atom stereocenters. The molecule has 0 aromatic heterocycles. The van der Waals surface area contributed by atoms with Gasteiger partial charge in [-0.25, -0.2) is 0 Å². The van der Waals surface area contributed by atoms with Crippen molar-refractivity contribution in [1.29, 1.82) is 0 Å². The minimum absolute atomic E-state index is 0.176. The third-order valence-electron chi connectivity index (χ3n) is 4.88. The molecule has 0 radical (unpaired) electrons. The van der Waals surface area contributed by atoms with E-state index in [4.69, 9.17) is 0 Å². The van der Waals surface area contributed by atoms with Crippen molar-refractivity contribution in [2.24, 2.45) is 11.8 Å². The van der Waals surface area contributed by atoms with Crippen molar-refractivity contribution in [3.05, 3.63) is 29.8 Å². The molecule has 1 aromatic rings. The molecule has 2 aliphatic heterocycles. The number of anilines is 1. The second kappa shape index (κ2) is 6.06. The Morgan fingerprint density at radius 3 is 2.48 bits per heavy atom. The molecular formula is C17H25N3O. The number of carbonyl (C=O) groups is 1. The molecule has 2 fully saturated rings. The minimum Gasteiger partial charge on any atom is -0.368 e. The Balaban J connectivity index is 1.60. The van der Waals surface area contributed by atoms with Gasteiger partial charge >= 0.3 is 0 Å². The van der Waals surface area contributed by atoms with E-state index in [9.17, 15) is 4.79 Å². The second-order valence-electron chi connectivity index (χ2n) is 6.34. The third-order valence-corrected chi connectivity index (χ3v) is 4.88. The second-order valence-corrected chi connectivity index (χ2v) is 6.34. The van der Waals surface area contributed by atoms with Crippen LogP contribution in [0.25, 0.3) is 0 Å². The smallest absolute Gasteiger partial charge is 0.227 e. The number of hydrogen-bond acceptors (Lipinski definition) is 3. The molecule has 1 aromatic carbocycles. The molecule has 2 aliphatic rings. The highest BCUT2D eigenvalue weighted by molar-refractivity contribution is 5.80. The summed E-state index contributed by atoms with van der Waals surface area (Å²) in [6.07, 6.45) is 0. The maximum Gasteiger partial charge on any atom is 0.227 e. The van der Waals surface area contributed by atoms with E-state index in [0.29, 0.717) is 11.8 Å². The predicted molar refractivity (Wildman–Crippen MR) is 85.5 cm³/mol. The first-order valence-corrected chi connectivity index (χ1v) is 7.97. The Morgan fingerprint density at radius 2 is 1.86 bits per heavy atom. The summed E-state index contributed by atoms with van der Waals surface area (Å²) >= 11 is 0. The minimum atomic E-state index is 0.176. The monoisotopic (exact) mass is 287 g/mol. The third kappa shape index (κ3) is 2.91. The summed E-state index contributed by atoms with van der Waals surface area (Å²) in [4.78, 5) is 17.0. The standard InChI is InChI=1S/C17H25N3O/c1-13-5-3-4-6-16(13)19-7-9-20(10-8-19)17(21)15-12-18-11-14(15)2/h3-6,14-15,18H,7-12H2,1-2H3. The zero-order valence-corrected chi connectivity index (χ0v) is 13.0. The van der Waals surface area contributed by atoms with Gasteiger partial charge in [-0.1, -0.05) is 25.1 Å². The molecule has 2 heterocycles. The van der Waals surface area contributed by atoms with E-state index >= 15 is 0 Å². The fourth-order valence-electron chi connectivity index (χ4n) is 3.46. The van der Waals surface area contributed by atoms with Gasteiger partial charge in [-0.3, -0.25) is 4.79 Å². The van der Waals surface area contributed by atoms with Gasteiger partial charge in [0.15, 0.2) is 0 Å². The number of carbonyl (C=O) groups excluding carboxylic acids is 1. The summed E-state index contributed by atoms with van der Waals surface area (Å²) in [7, 11) is 0. The van der Waals surface area contributed by atoms with Gasteiger partial charge in [0.05, 0.1) is 5.92 Å². The molecule has 1 amide bonds. The van der Waals surface area contributed by atoms with Gasteiger partial charge in [-0.15, -0.1) is 0 Å². The van der Waals surface area contributed by atoms with Crippen molar-refractivity contribution in [3.63, 3.8) is 0 Å². The normalized spacial score (nSPS) is 26.2. The van der Waals surface area contributed by atoms with E-state index in [2.05, 4.69) is 53.2 Å². The lowest BCUT2D eigenvalue weighted by molar-refractivity contribution is -0.136. The fraction of sp³-hybridized carbons (Fsp3) is 0.588. The first kappa shape index (κ1) is 14.4. The van der Waals surface area contributed by atoms with Gasteiger partial charge in [0.25, 0.3) is 0 Å². The SMILES string of the molecule is Cc1ccccc1N1CCN(C(=O)C2CNCC2C)CC1. The zero-order chi connectivity index (χ0) is 14.8. The lowest BCUT2D eigenvalue weighted by atomic mass is 9.96. The van der Waals surface area contributed by atoms with Gasteiger partial charge in [0, 0.05) is 38.4 Å². The summed E-state index contributed by atoms with van der Waals surface area (Å²) in [5.74, 6) is 0.985. The van der Waals surface area contributed by atoms with E-state index in [1.54, 1.807) is 0 Å². The van der Waals surface area contributed by atoms with Crippen molar-refractivity contribution < 1.29 is 4.79 Å². The van der Waals surface area contributed by atoms with Crippen LogP contribution in [0.3, 0.4) is 0 Å². The lowest BCUT2D eigenvalue weighted by Crippen LogP contribution is -2.51. The van der Waals surface area contributed by atoms with Crippen LogP contribution in [-0.2, 0) is 4.79 Å². The molecule has 21 heavy (non-hydrogen) atoms. The van der Waals surface area contributed by atoms with Crippen molar-refractivity contribution in [2.45, 2.75) is 13.8 Å². The molecule has 0 saturated carbocycles. The van der Waals surface area contributed by atoms with E-state index in [1.807, 2.05) is 0 Å². The van der Waals surface area contributed by atoms with Gasteiger partial charge in [-0.2, -0.15) is 0 Å². The predicted octanol–water partition coefficient (Wildman–Crippen LogP) is 1.50. The number of piperazine rings is 1. The molecule has 114 valence electrons. The zero-order valence-electron chi connectivity index (χ0n) is 13.0. The summed E-state index contributed by atoms with van der Waals surface area (Å²) < 4.78 is 0. The van der Waals surface area contributed by atoms with Crippen LogP contribution in [0.5, 0.6) is 0 Å². The average Bonchev–Trinajstić information content (AvgIpc) is 2.93. The molecule has 2 unspecified atom stereocenters. The Labute approximate surface area is 127 Å². The first-order chi connectivity index (χ1) is 10.2. The number of nitrogens with one attached hydrogen (secondary N) is 1. The lowest BCUT2D eigenvalue weighted by Gasteiger charge is -2.38. The van der Waals surface area contributed by atoms with Crippen LogP contribution in [0.1, 0.15) is 12.5 Å². The molecule has 4 heteroatoms. The van der Waals surface area contributed by atoms with Crippen molar-refractivity contribution in [2.75, 3.05) is 44.2 Å². The Morgan fingerprint density at radius 1 is 1.14 bits per heavy atom. The maximum atomic E-state index is 12.6. The Bertz CT molecular complexity index is 509. The number of aryl methyl sites for hydroxylation is 1. The number of nitrogens with zero attached hydrogens (tertiary/aromatic N) is 2. The quantitative estimate of drug-likeness (QED) is 0.895. The highest BCUT2D eigenvalue weighted by Gasteiger charge is 2.34. The molecule has 0 aliphatic carbocycles. The first-order valence-electron chi connectivity index (χ1n) is 7.97. The largest absolute Gasteiger partial charge is 0.368 e. The van der Waals surface area contributed by atoms with Crippen LogP contribution in [0.4, 0.5) is 5.69 Å². The van der Waals surface area contributed by atoms with Crippen LogP contribution in [-0.4, -0.2) is 50.1 Å². The number of rotatable bonds is 2. The summed E-state index contributed by atoms with van der Waals surface area (Å²) in [6.45, 7) is 9.70. The molecular weight excluding hydrogens is 262 g/mol. The van der Waals surface area contributed by atoms with Crippen LogP contribution in [0.15, 0.2) is 24.3 Å². The highest BCUT2D eigenvalue weighted by atomic mass is 16.2. The maximum absolute atomic E-state index is 12.6. The topological polar surface area (TPSA) is 35.6 Å². The summed E-state index contributed by atoms with van der Waals surface area (Å²) in [6, 6.07) is 8.49. The average molecular weight is 287 g/mol. The van der Waals surface area contributed by atoms with Gasteiger partial charge in [-0.05, 0) is 31.0 Å². The van der Waals surface area contributed by atoms with Gasteiger partial charge < -0.3 is 15.1 Å². The van der Waals surface area contributed by atoms with Crippen molar-refractivity contribution in [1.82, 2.24) is 10.2 Å². The number of benzene rings is 1. The molecule has 2 saturated heterocycles. The molecule has 0 bridgehead atoms. The highest BCUT2D eigenvalue weighted by Crippen LogP contribution is 2.23. The van der Waals surface area contributed by atoms with Crippen LogP contribution in [0.2, 0.25) is 0 Å². The summed E-state index contributed by atoms with van der Waals surface area (Å²) in [5, 5.41) is 3.33. The van der Waals surface area contributed by atoms with E-state index < -0.39 is 0 Å². The number of hydrogen-bond donors (Lipinski definition) is 1. The van der Waals surface area contributed by atoms with Crippen molar-refractivity contribution >= 4 is 11.6 Å². The molecule has 3 rings (SSSR count). The van der Waals surface area contributed by atoms with E-state index in [-0.39, 0.29) is 5.92 Å². The van der Waals surface area contributed by atoms with Crippen LogP contribution < -0.4 is 10.2 Å². The van der Waals surface area contributed by atoms with Crippen LogP contribution in [0, 0.1) is 18.8 Å². The molecule has 1 N–H and O–H groups in total. The van der Waals surface area contributed by atoms with Crippen LogP contribution >= 0.6 is 0 Å². The fourth-order valence-corrected chi connectivity index (χ4v) is 3.46. The molecule has 0 spiro atoms. The summed E-state index contributed by atoms with van der Waals surface area (Å²) in [5.41, 5.74) is 2.62. The van der Waals surface area contributed by atoms with E-state index in [0.717, 1.165) is 39.3 Å².